The summed E-state index contributed by atoms with van der Waals surface area (Å²) in [5.41, 5.74) is 0.0381. The minimum atomic E-state index is -0.878. The SMILES string of the molecule is COC(=O)/C(C#N)=C\c1ccc(OC(=O)c2ccccc2F)c(OC)c1. The average molecular weight is 355 g/mol. The lowest BCUT2D eigenvalue weighted by Gasteiger charge is -2.10. The van der Waals surface area contributed by atoms with E-state index in [9.17, 15) is 14.0 Å². The Morgan fingerprint density at radius 3 is 2.46 bits per heavy atom. The molecule has 0 heterocycles. The lowest BCUT2D eigenvalue weighted by atomic mass is 10.1. The van der Waals surface area contributed by atoms with Crippen LogP contribution in [-0.2, 0) is 9.53 Å². The predicted molar refractivity (Wildman–Crippen MR) is 90.0 cm³/mol. The van der Waals surface area contributed by atoms with Crippen LogP contribution in [0.5, 0.6) is 11.5 Å². The number of nitrogens with zero attached hydrogens (tertiary/aromatic N) is 1. The number of carbonyl (C=O) groups excluding carboxylic acids is 2. The number of carbonyl (C=O) groups is 2. The van der Waals surface area contributed by atoms with Crippen LogP contribution < -0.4 is 9.47 Å². The molecule has 0 fully saturated rings. The van der Waals surface area contributed by atoms with Gasteiger partial charge in [-0.1, -0.05) is 18.2 Å². The molecule has 0 aliphatic rings. The zero-order valence-corrected chi connectivity index (χ0v) is 14.0. The quantitative estimate of drug-likeness (QED) is 0.354. The molecule has 7 heteroatoms. The number of benzene rings is 2. The molecule has 2 aromatic carbocycles. The molecule has 26 heavy (non-hydrogen) atoms. The molecular formula is C19H14FNO5. The molecule has 2 rings (SSSR count). The van der Waals surface area contributed by atoms with Crippen molar-refractivity contribution in [2.75, 3.05) is 14.2 Å². The maximum absolute atomic E-state index is 13.7. The molecular weight excluding hydrogens is 341 g/mol. The maximum Gasteiger partial charge on any atom is 0.348 e. The van der Waals surface area contributed by atoms with Crippen LogP contribution in [0.15, 0.2) is 48.0 Å². The van der Waals surface area contributed by atoms with Gasteiger partial charge in [0, 0.05) is 0 Å². The Kier molecular flexibility index (Phi) is 6.06. The third kappa shape index (κ3) is 4.24. The minimum Gasteiger partial charge on any atom is -0.493 e. The Bertz CT molecular complexity index is 914. The Labute approximate surface area is 149 Å². The van der Waals surface area contributed by atoms with E-state index >= 15 is 0 Å². The lowest BCUT2D eigenvalue weighted by Crippen LogP contribution is -2.11. The Morgan fingerprint density at radius 2 is 1.85 bits per heavy atom. The fraction of sp³-hybridized carbons (Fsp3) is 0.105. The molecule has 0 saturated heterocycles. The first-order valence-corrected chi connectivity index (χ1v) is 7.35. The Morgan fingerprint density at radius 1 is 1.12 bits per heavy atom. The van der Waals surface area contributed by atoms with Crippen molar-refractivity contribution < 1.29 is 28.2 Å². The van der Waals surface area contributed by atoms with Gasteiger partial charge in [-0.2, -0.15) is 5.26 Å². The van der Waals surface area contributed by atoms with E-state index in [0.717, 1.165) is 6.07 Å². The number of halogens is 1. The number of esters is 2. The van der Waals surface area contributed by atoms with Gasteiger partial charge in [-0.15, -0.1) is 0 Å². The van der Waals surface area contributed by atoms with Crippen LogP contribution in [0.3, 0.4) is 0 Å². The van der Waals surface area contributed by atoms with Gasteiger partial charge >= 0.3 is 11.9 Å². The molecule has 0 saturated carbocycles. The van der Waals surface area contributed by atoms with Crippen LogP contribution in [0.1, 0.15) is 15.9 Å². The first-order valence-electron chi connectivity index (χ1n) is 7.35. The van der Waals surface area contributed by atoms with Gasteiger partial charge in [-0.05, 0) is 35.9 Å². The van der Waals surface area contributed by atoms with E-state index < -0.39 is 17.8 Å². The van der Waals surface area contributed by atoms with E-state index in [2.05, 4.69) is 4.74 Å². The van der Waals surface area contributed by atoms with E-state index in [4.69, 9.17) is 14.7 Å². The van der Waals surface area contributed by atoms with Gasteiger partial charge in [-0.25, -0.2) is 14.0 Å². The zero-order valence-electron chi connectivity index (χ0n) is 14.0. The number of rotatable bonds is 5. The van der Waals surface area contributed by atoms with E-state index in [1.165, 1.54) is 56.7 Å². The van der Waals surface area contributed by atoms with Crippen LogP contribution in [-0.4, -0.2) is 26.2 Å². The topological polar surface area (TPSA) is 85.6 Å². The lowest BCUT2D eigenvalue weighted by molar-refractivity contribution is -0.135. The van der Waals surface area contributed by atoms with Crippen molar-refractivity contribution in [3.63, 3.8) is 0 Å². The summed E-state index contributed by atoms with van der Waals surface area (Å²) in [6.07, 6.45) is 1.30. The molecule has 0 radical (unpaired) electrons. The molecule has 0 atom stereocenters. The van der Waals surface area contributed by atoms with Crippen molar-refractivity contribution >= 4 is 18.0 Å². The summed E-state index contributed by atoms with van der Waals surface area (Å²) < 4.78 is 28.5. The Hall–Kier alpha value is -3.66. The smallest absolute Gasteiger partial charge is 0.348 e. The van der Waals surface area contributed by atoms with Gasteiger partial charge in [0.25, 0.3) is 0 Å². The number of hydrogen-bond donors (Lipinski definition) is 0. The number of hydrogen-bond acceptors (Lipinski definition) is 6. The highest BCUT2D eigenvalue weighted by Crippen LogP contribution is 2.30. The van der Waals surface area contributed by atoms with Gasteiger partial charge in [-0.3, -0.25) is 0 Å². The maximum atomic E-state index is 13.7. The van der Waals surface area contributed by atoms with Gasteiger partial charge in [0.05, 0.1) is 19.8 Å². The zero-order chi connectivity index (χ0) is 19.1. The summed E-state index contributed by atoms with van der Waals surface area (Å²) in [6.45, 7) is 0. The highest BCUT2D eigenvalue weighted by molar-refractivity contribution is 5.98. The van der Waals surface area contributed by atoms with Crippen molar-refractivity contribution in [2.45, 2.75) is 0 Å². The van der Waals surface area contributed by atoms with Crippen LogP contribution >= 0.6 is 0 Å². The summed E-state index contributed by atoms with van der Waals surface area (Å²) >= 11 is 0. The number of ether oxygens (including phenoxy) is 3. The molecule has 6 nitrogen and oxygen atoms in total. The monoisotopic (exact) mass is 355 g/mol. The second-order valence-corrected chi connectivity index (χ2v) is 4.94. The normalized spacial score (nSPS) is 10.6. The fourth-order valence-electron chi connectivity index (χ4n) is 2.05. The fourth-order valence-corrected chi connectivity index (χ4v) is 2.05. The standard InChI is InChI=1S/C19H14FNO5/c1-24-17-10-12(9-13(11-21)18(22)25-2)7-8-16(17)26-19(23)14-5-3-4-6-15(14)20/h3-10H,1-2H3/b13-9-. The molecule has 0 unspecified atom stereocenters. The summed E-state index contributed by atoms with van der Waals surface area (Å²) in [5, 5.41) is 8.99. The molecule has 0 amide bonds. The van der Waals surface area contributed by atoms with Gasteiger partial charge in [0.2, 0.25) is 0 Å². The molecule has 0 aliphatic carbocycles. The van der Waals surface area contributed by atoms with Crippen molar-refractivity contribution in [2.24, 2.45) is 0 Å². The third-order valence-electron chi connectivity index (χ3n) is 3.32. The Balaban J connectivity index is 2.31. The van der Waals surface area contributed by atoms with Crippen LogP contribution in [0.25, 0.3) is 6.08 Å². The number of nitriles is 1. The summed E-state index contributed by atoms with van der Waals surface area (Å²) in [7, 11) is 2.52. The average Bonchev–Trinajstić information content (AvgIpc) is 2.66. The third-order valence-corrected chi connectivity index (χ3v) is 3.32. The highest BCUT2D eigenvalue weighted by Gasteiger charge is 2.16. The molecule has 132 valence electrons. The van der Waals surface area contributed by atoms with Gasteiger partial charge < -0.3 is 14.2 Å². The van der Waals surface area contributed by atoms with Crippen molar-refractivity contribution in [3.8, 4) is 17.6 Å². The van der Waals surface area contributed by atoms with Gasteiger partial charge in [0.1, 0.15) is 17.5 Å². The summed E-state index contributed by atoms with van der Waals surface area (Å²) in [6, 6.07) is 11.5. The minimum absolute atomic E-state index is 0.0643. The van der Waals surface area contributed by atoms with E-state index in [1.54, 1.807) is 6.07 Å². The van der Waals surface area contributed by atoms with Crippen LogP contribution in [0.4, 0.5) is 4.39 Å². The molecule has 0 N–H and O–H groups in total. The second kappa shape index (κ2) is 8.44. The first-order chi connectivity index (χ1) is 12.5. The van der Waals surface area contributed by atoms with E-state index in [-0.39, 0.29) is 22.6 Å². The highest BCUT2D eigenvalue weighted by atomic mass is 19.1. The molecule has 0 aliphatic heterocycles. The van der Waals surface area contributed by atoms with E-state index in [1.807, 2.05) is 0 Å². The molecule has 0 bridgehead atoms. The first kappa shape index (κ1) is 18.7. The molecule has 0 aromatic heterocycles. The van der Waals surface area contributed by atoms with Crippen molar-refractivity contribution in [1.29, 1.82) is 5.26 Å². The summed E-state index contributed by atoms with van der Waals surface area (Å²) in [4.78, 5) is 23.6. The van der Waals surface area contributed by atoms with Crippen molar-refractivity contribution in [1.82, 2.24) is 0 Å². The van der Waals surface area contributed by atoms with Crippen LogP contribution in [0.2, 0.25) is 0 Å². The molecule has 0 spiro atoms. The molecule has 2 aromatic rings. The number of methoxy groups -OCH3 is 2. The largest absolute Gasteiger partial charge is 0.493 e. The second-order valence-electron chi connectivity index (χ2n) is 4.94. The van der Waals surface area contributed by atoms with Crippen LogP contribution in [0, 0.1) is 17.1 Å². The van der Waals surface area contributed by atoms with E-state index in [0.29, 0.717) is 5.56 Å². The van der Waals surface area contributed by atoms with Crippen molar-refractivity contribution in [3.05, 3.63) is 65.0 Å². The summed E-state index contributed by atoms with van der Waals surface area (Å²) in [5.74, 6) is -2.12. The van der Waals surface area contributed by atoms with Gasteiger partial charge in [0.15, 0.2) is 11.5 Å². The predicted octanol–water partition coefficient (Wildman–Crippen LogP) is 3.13.